The number of allylic oxidation sites excluding steroid dienone is 1. The predicted molar refractivity (Wildman–Crippen MR) is 86.5 cm³/mol. The minimum atomic E-state index is -1.74. The van der Waals surface area contributed by atoms with Crippen LogP contribution in [-0.4, -0.2) is 33.1 Å². The van der Waals surface area contributed by atoms with Crippen LogP contribution < -0.4 is 0 Å². The number of cyclic esters (lactones) is 1. The number of esters is 2. The van der Waals surface area contributed by atoms with E-state index in [-0.39, 0.29) is 25.4 Å². The number of rotatable bonds is 0. The van der Waals surface area contributed by atoms with Crippen LogP contribution in [-0.2, 0) is 25.7 Å². The summed E-state index contributed by atoms with van der Waals surface area (Å²) in [6.45, 7) is 4.64. The lowest BCUT2D eigenvalue weighted by molar-refractivity contribution is -0.171. The number of hydrogen-bond donors (Lipinski definition) is 1. The van der Waals surface area contributed by atoms with Gasteiger partial charge in [0.05, 0.1) is 12.1 Å². The summed E-state index contributed by atoms with van der Waals surface area (Å²) in [4.78, 5) is 37.0. The van der Waals surface area contributed by atoms with Crippen LogP contribution in [0.3, 0.4) is 0 Å². The van der Waals surface area contributed by atoms with Gasteiger partial charge in [-0.3, -0.25) is 9.36 Å². The fourth-order valence-electron chi connectivity index (χ4n) is 3.18. The first-order valence-electron chi connectivity index (χ1n) is 8.24. The second-order valence-corrected chi connectivity index (χ2v) is 6.73. The number of carbonyl (C=O) groups is 3. The lowest BCUT2D eigenvalue weighted by Gasteiger charge is -2.29. The molecule has 0 saturated carbocycles. The van der Waals surface area contributed by atoms with Crippen molar-refractivity contribution in [3.05, 3.63) is 35.2 Å². The third-order valence-corrected chi connectivity index (χ3v) is 5.06. The van der Waals surface area contributed by atoms with Gasteiger partial charge in [0.15, 0.2) is 11.7 Å². The zero-order valence-electron chi connectivity index (χ0n) is 14.4. The monoisotopic (exact) mass is 347 g/mol. The molecule has 2 aliphatic rings. The van der Waals surface area contributed by atoms with Crippen molar-refractivity contribution in [3.63, 3.8) is 0 Å². The van der Waals surface area contributed by atoms with E-state index < -0.39 is 29.6 Å². The van der Waals surface area contributed by atoms with Crippen molar-refractivity contribution < 1.29 is 29.0 Å². The Hall–Kier alpha value is -2.41. The first-order valence-corrected chi connectivity index (χ1v) is 8.24. The Morgan fingerprint density at radius 2 is 2.04 bits per heavy atom. The van der Waals surface area contributed by atoms with Crippen molar-refractivity contribution in [3.8, 4) is 0 Å². The number of hydrogen-bond acceptors (Lipinski definition) is 6. The standard InChI is InChI=1S/C18H21NO6/c1-4-11-7-10(2)18(3,23)17(22)24-9-12-5-6-19-14(20)8-13(15(12)19)25-16(11)21/h4-6,10,13,23H,7-9H2,1-3H3/b11-4-/t10-,13-,18-/m1/s1. The van der Waals surface area contributed by atoms with E-state index >= 15 is 0 Å². The molecule has 1 N–H and O–H groups in total. The van der Waals surface area contributed by atoms with E-state index in [1.54, 1.807) is 32.2 Å². The summed E-state index contributed by atoms with van der Waals surface area (Å²) in [6, 6.07) is 1.65. The van der Waals surface area contributed by atoms with Gasteiger partial charge in [0, 0.05) is 17.3 Å². The molecule has 0 radical (unpaired) electrons. The van der Waals surface area contributed by atoms with E-state index in [0.29, 0.717) is 16.8 Å². The van der Waals surface area contributed by atoms with E-state index in [9.17, 15) is 19.5 Å². The van der Waals surface area contributed by atoms with E-state index in [0.717, 1.165) is 0 Å². The summed E-state index contributed by atoms with van der Waals surface area (Å²) < 4.78 is 12.2. The van der Waals surface area contributed by atoms with Gasteiger partial charge in [-0.1, -0.05) is 13.0 Å². The Kier molecular flexibility index (Phi) is 4.28. The molecule has 0 fully saturated rings. The third kappa shape index (κ3) is 2.89. The van der Waals surface area contributed by atoms with Crippen molar-refractivity contribution in [2.45, 2.75) is 51.9 Å². The summed E-state index contributed by atoms with van der Waals surface area (Å²) >= 11 is 0. The molecule has 0 saturated heterocycles. The average Bonchev–Trinajstić information content (AvgIpc) is 3.11. The van der Waals surface area contributed by atoms with Crippen LogP contribution in [0.2, 0.25) is 0 Å². The fraction of sp³-hybridized carbons (Fsp3) is 0.500. The van der Waals surface area contributed by atoms with E-state index in [4.69, 9.17) is 9.47 Å². The summed E-state index contributed by atoms with van der Waals surface area (Å²) in [5.74, 6) is -2.03. The van der Waals surface area contributed by atoms with Gasteiger partial charge in [-0.2, -0.15) is 0 Å². The first kappa shape index (κ1) is 17.4. The van der Waals surface area contributed by atoms with Crippen LogP contribution in [0.15, 0.2) is 23.9 Å². The van der Waals surface area contributed by atoms with Crippen LogP contribution >= 0.6 is 0 Å². The Morgan fingerprint density at radius 3 is 2.72 bits per heavy atom. The van der Waals surface area contributed by atoms with E-state index in [1.165, 1.54) is 11.5 Å². The van der Waals surface area contributed by atoms with Gasteiger partial charge >= 0.3 is 11.9 Å². The predicted octanol–water partition coefficient (Wildman–Crippen LogP) is 1.90. The second-order valence-electron chi connectivity index (χ2n) is 6.73. The van der Waals surface area contributed by atoms with Gasteiger partial charge in [-0.25, -0.2) is 9.59 Å². The molecule has 3 atom stereocenters. The maximum absolute atomic E-state index is 12.5. The second kappa shape index (κ2) is 6.15. The van der Waals surface area contributed by atoms with Crippen molar-refractivity contribution in [1.29, 1.82) is 0 Å². The zero-order valence-corrected chi connectivity index (χ0v) is 14.4. The molecule has 0 aromatic carbocycles. The Balaban J connectivity index is 2.03. The Bertz CT molecular complexity index is 773. The molecular formula is C18H21NO6. The molecule has 0 bridgehead atoms. The number of aliphatic hydroxyl groups is 1. The number of nitrogens with zero attached hydrogens (tertiary/aromatic N) is 1. The van der Waals surface area contributed by atoms with Gasteiger partial charge in [-0.15, -0.1) is 0 Å². The topological polar surface area (TPSA) is 94.8 Å². The van der Waals surface area contributed by atoms with Crippen molar-refractivity contribution in [1.82, 2.24) is 4.57 Å². The molecule has 0 aliphatic carbocycles. The van der Waals surface area contributed by atoms with Crippen LogP contribution in [0.4, 0.5) is 0 Å². The molecule has 1 aromatic rings. The highest BCUT2D eigenvalue weighted by molar-refractivity contribution is 5.90. The van der Waals surface area contributed by atoms with Crippen LogP contribution in [0.1, 0.15) is 55.8 Å². The Morgan fingerprint density at radius 1 is 1.32 bits per heavy atom. The van der Waals surface area contributed by atoms with Crippen LogP contribution in [0, 0.1) is 5.92 Å². The lowest BCUT2D eigenvalue weighted by Crippen LogP contribution is -2.43. The van der Waals surface area contributed by atoms with Crippen molar-refractivity contribution in [2.75, 3.05) is 0 Å². The van der Waals surface area contributed by atoms with Gasteiger partial charge < -0.3 is 14.6 Å². The molecule has 3 rings (SSSR count). The summed E-state index contributed by atoms with van der Waals surface area (Å²) in [5.41, 5.74) is -0.288. The zero-order chi connectivity index (χ0) is 18.4. The number of ether oxygens (including phenoxy) is 2. The number of aromatic nitrogens is 1. The van der Waals surface area contributed by atoms with Crippen molar-refractivity contribution in [2.24, 2.45) is 5.92 Å². The molecule has 25 heavy (non-hydrogen) atoms. The molecule has 3 heterocycles. The van der Waals surface area contributed by atoms with Crippen LogP contribution in [0.25, 0.3) is 0 Å². The van der Waals surface area contributed by atoms with Gasteiger partial charge in [0.2, 0.25) is 5.91 Å². The van der Waals surface area contributed by atoms with Crippen molar-refractivity contribution >= 4 is 17.8 Å². The highest BCUT2D eigenvalue weighted by Gasteiger charge is 2.41. The normalized spacial score (nSPS) is 31.8. The van der Waals surface area contributed by atoms with Gasteiger partial charge in [0.25, 0.3) is 0 Å². The quantitative estimate of drug-likeness (QED) is 0.569. The van der Waals surface area contributed by atoms with E-state index in [1.807, 2.05) is 0 Å². The van der Waals surface area contributed by atoms with Gasteiger partial charge in [0.1, 0.15) is 6.61 Å². The molecule has 0 unspecified atom stereocenters. The molecule has 0 spiro atoms. The maximum Gasteiger partial charge on any atom is 0.338 e. The third-order valence-electron chi connectivity index (χ3n) is 5.06. The highest BCUT2D eigenvalue weighted by atomic mass is 16.6. The minimum absolute atomic E-state index is 0.0626. The number of carbonyl (C=O) groups excluding carboxylic acids is 3. The SMILES string of the molecule is C/C=C1/C[C@@H](C)[C@@](C)(O)C(=O)OCc2ccn3c2[C@@H](CC3=O)OC1=O. The fourth-order valence-corrected chi connectivity index (χ4v) is 3.18. The maximum atomic E-state index is 12.5. The molecule has 134 valence electrons. The molecule has 7 nitrogen and oxygen atoms in total. The van der Waals surface area contributed by atoms with Gasteiger partial charge in [-0.05, 0) is 32.3 Å². The summed E-state index contributed by atoms with van der Waals surface area (Å²) in [7, 11) is 0. The molecule has 2 aliphatic heterocycles. The Labute approximate surface area is 145 Å². The summed E-state index contributed by atoms with van der Waals surface area (Å²) in [5, 5.41) is 10.5. The minimum Gasteiger partial charge on any atom is -0.459 e. The molecule has 0 amide bonds. The largest absolute Gasteiger partial charge is 0.459 e. The lowest BCUT2D eigenvalue weighted by atomic mass is 9.85. The first-order chi connectivity index (χ1) is 11.8. The molecular weight excluding hydrogens is 326 g/mol. The van der Waals surface area contributed by atoms with E-state index in [2.05, 4.69) is 0 Å². The van der Waals surface area contributed by atoms with Crippen LogP contribution in [0.5, 0.6) is 0 Å². The summed E-state index contributed by atoms with van der Waals surface area (Å²) in [6.07, 6.45) is 2.70. The smallest absolute Gasteiger partial charge is 0.338 e. The highest BCUT2D eigenvalue weighted by Crippen LogP contribution is 2.36. The average molecular weight is 347 g/mol. The molecule has 7 heteroatoms. The molecule has 1 aromatic heterocycles.